The molecule has 0 aromatic carbocycles. The third-order valence-electron chi connectivity index (χ3n) is 3.87. The first-order valence-corrected chi connectivity index (χ1v) is 9.29. The fourth-order valence-corrected chi connectivity index (χ4v) is 2.45. The highest BCUT2D eigenvalue weighted by molar-refractivity contribution is 5.85. The average Bonchev–Trinajstić information content (AvgIpc) is 2.46. The standard InChI is InChI=1S/C19H36O3/c1-4-5-6-7-8-12-15-18(20)22-19(21)16-13-10-9-11-14-17(2)3/h17H,4-16H2,1-3H3. The van der Waals surface area contributed by atoms with Crippen LogP contribution in [0.4, 0.5) is 0 Å². The predicted octanol–water partition coefficient (Wildman–Crippen LogP) is 5.80. The Kier molecular flexibility index (Phi) is 14.5. The fraction of sp³-hybridized carbons (Fsp3) is 0.895. The maximum Gasteiger partial charge on any atom is 0.313 e. The van der Waals surface area contributed by atoms with Gasteiger partial charge in [0.1, 0.15) is 0 Å². The zero-order chi connectivity index (χ0) is 16.6. The van der Waals surface area contributed by atoms with Crippen LogP contribution in [0.15, 0.2) is 0 Å². The van der Waals surface area contributed by atoms with E-state index in [1.807, 2.05) is 0 Å². The fourth-order valence-electron chi connectivity index (χ4n) is 2.45. The molecule has 3 heteroatoms. The second kappa shape index (κ2) is 15.1. The van der Waals surface area contributed by atoms with Gasteiger partial charge in [0.25, 0.3) is 0 Å². The van der Waals surface area contributed by atoms with E-state index in [1.54, 1.807) is 0 Å². The molecule has 0 N–H and O–H groups in total. The quantitative estimate of drug-likeness (QED) is 0.231. The summed E-state index contributed by atoms with van der Waals surface area (Å²) in [6.07, 6.45) is 13.1. The van der Waals surface area contributed by atoms with Crippen molar-refractivity contribution in [3.8, 4) is 0 Å². The van der Waals surface area contributed by atoms with Crippen LogP contribution in [0.1, 0.15) is 104 Å². The number of hydrogen-bond acceptors (Lipinski definition) is 3. The highest BCUT2D eigenvalue weighted by Gasteiger charge is 2.09. The topological polar surface area (TPSA) is 43.4 Å². The molecule has 0 amide bonds. The van der Waals surface area contributed by atoms with Crippen LogP contribution < -0.4 is 0 Å². The molecule has 0 spiro atoms. The molecular weight excluding hydrogens is 276 g/mol. The van der Waals surface area contributed by atoms with E-state index in [2.05, 4.69) is 20.8 Å². The monoisotopic (exact) mass is 312 g/mol. The summed E-state index contributed by atoms with van der Waals surface area (Å²) in [5.41, 5.74) is 0. The van der Waals surface area contributed by atoms with Gasteiger partial charge in [-0.3, -0.25) is 9.59 Å². The molecule has 0 aliphatic carbocycles. The average molecular weight is 312 g/mol. The smallest absolute Gasteiger partial charge is 0.313 e. The molecular formula is C19H36O3. The van der Waals surface area contributed by atoms with Gasteiger partial charge >= 0.3 is 11.9 Å². The van der Waals surface area contributed by atoms with E-state index in [0.717, 1.165) is 38.0 Å². The lowest BCUT2D eigenvalue weighted by molar-refractivity contribution is -0.159. The normalized spacial score (nSPS) is 10.9. The summed E-state index contributed by atoms with van der Waals surface area (Å²) in [6, 6.07) is 0. The van der Waals surface area contributed by atoms with Crippen LogP contribution in [0.2, 0.25) is 0 Å². The number of ether oxygens (including phenoxy) is 1. The highest BCUT2D eigenvalue weighted by Crippen LogP contribution is 2.11. The minimum absolute atomic E-state index is 0.347. The second-order valence-corrected chi connectivity index (χ2v) is 6.71. The number of carbonyl (C=O) groups is 2. The second-order valence-electron chi connectivity index (χ2n) is 6.71. The Morgan fingerprint density at radius 1 is 0.727 bits per heavy atom. The Hall–Kier alpha value is -0.860. The largest absolute Gasteiger partial charge is 0.393 e. The van der Waals surface area contributed by atoms with Gasteiger partial charge in [-0.15, -0.1) is 0 Å². The lowest BCUT2D eigenvalue weighted by atomic mass is 10.0. The number of esters is 2. The molecule has 0 aliphatic rings. The van der Waals surface area contributed by atoms with Crippen LogP contribution in [0.5, 0.6) is 0 Å². The molecule has 0 aliphatic heterocycles. The number of hydrogen-bond donors (Lipinski definition) is 0. The Morgan fingerprint density at radius 3 is 1.68 bits per heavy atom. The summed E-state index contributed by atoms with van der Waals surface area (Å²) < 4.78 is 4.85. The number of carbonyl (C=O) groups excluding carboxylic acids is 2. The first-order valence-electron chi connectivity index (χ1n) is 9.29. The summed E-state index contributed by atoms with van der Waals surface area (Å²) in [5.74, 6) is 0.0599. The van der Waals surface area contributed by atoms with E-state index in [4.69, 9.17) is 4.74 Å². The number of rotatable bonds is 14. The van der Waals surface area contributed by atoms with Crippen molar-refractivity contribution in [2.75, 3.05) is 0 Å². The molecule has 0 bridgehead atoms. The molecule has 0 fully saturated rings. The van der Waals surface area contributed by atoms with Gasteiger partial charge in [-0.25, -0.2) is 0 Å². The van der Waals surface area contributed by atoms with Gasteiger partial charge in [-0.2, -0.15) is 0 Å². The zero-order valence-corrected chi connectivity index (χ0v) is 15.0. The zero-order valence-electron chi connectivity index (χ0n) is 15.0. The maximum atomic E-state index is 11.5. The molecule has 22 heavy (non-hydrogen) atoms. The van der Waals surface area contributed by atoms with Crippen molar-refractivity contribution in [3.63, 3.8) is 0 Å². The van der Waals surface area contributed by atoms with Crippen molar-refractivity contribution >= 4 is 11.9 Å². The van der Waals surface area contributed by atoms with Gasteiger partial charge in [0.2, 0.25) is 0 Å². The Labute approximate surface area is 137 Å². The summed E-state index contributed by atoms with van der Waals surface area (Å²) >= 11 is 0. The highest BCUT2D eigenvalue weighted by atomic mass is 16.6. The molecule has 3 nitrogen and oxygen atoms in total. The molecule has 130 valence electrons. The Balaban J connectivity index is 3.40. The molecule has 0 heterocycles. The molecule has 0 rings (SSSR count). The molecule has 0 atom stereocenters. The van der Waals surface area contributed by atoms with Crippen LogP contribution in [-0.2, 0) is 14.3 Å². The Bertz CT molecular complexity index is 284. The van der Waals surface area contributed by atoms with E-state index in [1.165, 1.54) is 38.5 Å². The lowest BCUT2D eigenvalue weighted by Gasteiger charge is -2.05. The Morgan fingerprint density at radius 2 is 1.18 bits per heavy atom. The third kappa shape index (κ3) is 15.5. The van der Waals surface area contributed by atoms with Crippen LogP contribution in [-0.4, -0.2) is 11.9 Å². The van der Waals surface area contributed by atoms with Crippen LogP contribution >= 0.6 is 0 Å². The summed E-state index contributed by atoms with van der Waals surface area (Å²) in [7, 11) is 0. The maximum absolute atomic E-state index is 11.5. The first-order chi connectivity index (χ1) is 10.6. The van der Waals surface area contributed by atoms with Crippen molar-refractivity contribution in [3.05, 3.63) is 0 Å². The summed E-state index contributed by atoms with van der Waals surface area (Å²) in [6.45, 7) is 6.65. The van der Waals surface area contributed by atoms with Gasteiger partial charge in [-0.1, -0.05) is 78.6 Å². The van der Waals surface area contributed by atoms with Gasteiger partial charge in [-0.05, 0) is 18.8 Å². The van der Waals surface area contributed by atoms with E-state index in [0.29, 0.717) is 12.8 Å². The molecule has 0 saturated carbocycles. The summed E-state index contributed by atoms with van der Waals surface area (Å²) in [4.78, 5) is 23.0. The van der Waals surface area contributed by atoms with Gasteiger partial charge in [0.15, 0.2) is 0 Å². The van der Waals surface area contributed by atoms with Crippen molar-refractivity contribution in [1.82, 2.24) is 0 Å². The van der Waals surface area contributed by atoms with E-state index < -0.39 is 0 Å². The number of unbranched alkanes of at least 4 members (excludes halogenated alkanes) is 8. The molecule has 0 aromatic rings. The van der Waals surface area contributed by atoms with Gasteiger partial charge in [0.05, 0.1) is 0 Å². The predicted molar refractivity (Wildman–Crippen MR) is 91.6 cm³/mol. The minimum Gasteiger partial charge on any atom is -0.393 e. The van der Waals surface area contributed by atoms with Gasteiger partial charge in [0, 0.05) is 12.8 Å². The summed E-state index contributed by atoms with van der Waals surface area (Å²) in [5, 5.41) is 0. The third-order valence-corrected chi connectivity index (χ3v) is 3.87. The lowest BCUT2D eigenvalue weighted by Crippen LogP contribution is -2.11. The first kappa shape index (κ1) is 21.1. The molecule has 0 aromatic heterocycles. The van der Waals surface area contributed by atoms with E-state index >= 15 is 0 Å². The van der Waals surface area contributed by atoms with Crippen molar-refractivity contribution in [2.45, 2.75) is 104 Å². The van der Waals surface area contributed by atoms with Crippen LogP contribution in [0, 0.1) is 5.92 Å². The van der Waals surface area contributed by atoms with E-state index in [-0.39, 0.29) is 11.9 Å². The molecule has 0 saturated heterocycles. The van der Waals surface area contributed by atoms with Crippen molar-refractivity contribution in [1.29, 1.82) is 0 Å². The van der Waals surface area contributed by atoms with Gasteiger partial charge < -0.3 is 4.74 Å². The molecule has 0 unspecified atom stereocenters. The minimum atomic E-state index is -0.347. The van der Waals surface area contributed by atoms with Crippen molar-refractivity contribution in [2.24, 2.45) is 5.92 Å². The van der Waals surface area contributed by atoms with Crippen LogP contribution in [0.25, 0.3) is 0 Å². The SMILES string of the molecule is CCCCCCCCC(=O)OC(=O)CCCCCCC(C)C. The van der Waals surface area contributed by atoms with E-state index in [9.17, 15) is 9.59 Å². The van der Waals surface area contributed by atoms with Crippen LogP contribution in [0.3, 0.4) is 0 Å². The molecule has 0 radical (unpaired) electrons. The van der Waals surface area contributed by atoms with Crippen molar-refractivity contribution < 1.29 is 14.3 Å².